The zero-order valence-electron chi connectivity index (χ0n) is 12.2. The van der Waals surface area contributed by atoms with Crippen molar-refractivity contribution in [3.63, 3.8) is 0 Å². The summed E-state index contributed by atoms with van der Waals surface area (Å²) in [5.41, 5.74) is 5.90. The van der Waals surface area contributed by atoms with Gasteiger partial charge in [0, 0.05) is 17.3 Å². The molecule has 1 aliphatic carbocycles. The number of aryl methyl sites for hydroxylation is 1. The van der Waals surface area contributed by atoms with E-state index in [1.54, 1.807) is 13.0 Å². The summed E-state index contributed by atoms with van der Waals surface area (Å²) < 4.78 is 4.98. The van der Waals surface area contributed by atoms with E-state index in [0.717, 1.165) is 5.69 Å². The topological polar surface area (TPSA) is 103 Å². The zero-order chi connectivity index (χ0) is 15.6. The smallest absolute Gasteiger partial charge is 0.325 e. The van der Waals surface area contributed by atoms with Crippen LogP contribution in [0.1, 0.15) is 37.1 Å². The predicted molar refractivity (Wildman–Crippen MR) is 75.6 cm³/mol. The normalized spacial score (nSPS) is 28.3. The number of aliphatic carboxylic acids is 1. The lowest BCUT2D eigenvalue weighted by molar-refractivity contribution is -0.158. The van der Waals surface area contributed by atoms with Crippen molar-refractivity contribution in [2.75, 3.05) is 6.61 Å². The van der Waals surface area contributed by atoms with Crippen molar-refractivity contribution >= 4 is 11.9 Å². The van der Waals surface area contributed by atoms with Gasteiger partial charge in [0.25, 0.3) is 0 Å². The summed E-state index contributed by atoms with van der Waals surface area (Å²) in [6.45, 7) is 3.73. The average molecular weight is 292 g/mol. The molecule has 0 amide bonds. The van der Waals surface area contributed by atoms with Gasteiger partial charge in [0.2, 0.25) is 0 Å². The standard InChI is InChI=1S/C15H20N2O4/c1-3-21-13(18)11-8-7-10(15(11,16)14(19)20)12-6-4-5-9(2)17-12/h4-6,10-11H,3,7-8,16H2,1-2H3,(H,19,20). The van der Waals surface area contributed by atoms with Crippen LogP contribution in [0.25, 0.3) is 0 Å². The summed E-state index contributed by atoms with van der Waals surface area (Å²) in [6.07, 6.45) is 0.894. The molecule has 0 aliphatic heterocycles. The van der Waals surface area contributed by atoms with Crippen LogP contribution in [0, 0.1) is 12.8 Å². The number of carbonyl (C=O) groups excluding carboxylic acids is 1. The maximum Gasteiger partial charge on any atom is 0.325 e. The minimum atomic E-state index is -1.67. The first kappa shape index (κ1) is 15.4. The predicted octanol–water partition coefficient (Wildman–Crippen LogP) is 1.23. The number of esters is 1. The van der Waals surface area contributed by atoms with Crippen molar-refractivity contribution < 1.29 is 19.4 Å². The van der Waals surface area contributed by atoms with Gasteiger partial charge in [-0.3, -0.25) is 14.6 Å². The molecule has 3 atom stereocenters. The first-order chi connectivity index (χ1) is 9.91. The molecule has 114 valence electrons. The third-order valence-electron chi connectivity index (χ3n) is 4.11. The lowest BCUT2D eigenvalue weighted by Crippen LogP contribution is -2.57. The van der Waals surface area contributed by atoms with Crippen molar-refractivity contribution in [2.45, 2.75) is 38.1 Å². The van der Waals surface area contributed by atoms with Crippen LogP contribution < -0.4 is 5.73 Å². The van der Waals surface area contributed by atoms with Crippen LogP contribution in [-0.4, -0.2) is 34.2 Å². The number of hydrogen-bond acceptors (Lipinski definition) is 5. The lowest BCUT2D eigenvalue weighted by atomic mass is 9.79. The average Bonchev–Trinajstić information content (AvgIpc) is 2.78. The number of carboxylic acids is 1. The van der Waals surface area contributed by atoms with E-state index in [0.29, 0.717) is 18.5 Å². The highest BCUT2D eigenvalue weighted by atomic mass is 16.5. The maximum atomic E-state index is 12.0. The SMILES string of the molecule is CCOC(=O)C1CCC(c2cccc(C)n2)C1(N)C(=O)O. The molecule has 2 rings (SSSR count). The molecule has 3 unspecified atom stereocenters. The van der Waals surface area contributed by atoms with E-state index in [1.165, 1.54) is 0 Å². The molecular weight excluding hydrogens is 272 g/mol. The zero-order valence-corrected chi connectivity index (χ0v) is 12.2. The Balaban J connectivity index is 2.39. The molecule has 1 heterocycles. The van der Waals surface area contributed by atoms with Crippen molar-refractivity contribution in [3.8, 4) is 0 Å². The molecule has 1 fully saturated rings. The van der Waals surface area contributed by atoms with Gasteiger partial charge < -0.3 is 15.6 Å². The van der Waals surface area contributed by atoms with Crippen molar-refractivity contribution in [3.05, 3.63) is 29.6 Å². The molecule has 6 heteroatoms. The van der Waals surface area contributed by atoms with E-state index >= 15 is 0 Å². The molecule has 0 radical (unpaired) electrons. The van der Waals surface area contributed by atoms with Crippen LogP contribution in [0.2, 0.25) is 0 Å². The molecule has 1 aromatic heterocycles. The van der Waals surface area contributed by atoms with Crippen LogP contribution in [0.5, 0.6) is 0 Å². The summed E-state index contributed by atoms with van der Waals surface area (Å²) in [5, 5.41) is 9.60. The number of carbonyl (C=O) groups is 2. The molecule has 3 N–H and O–H groups in total. The largest absolute Gasteiger partial charge is 0.480 e. The summed E-state index contributed by atoms with van der Waals surface area (Å²) >= 11 is 0. The van der Waals surface area contributed by atoms with Crippen LogP contribution >= 0.6 is 0 Å². The number of hydrogen-bond donors (Lipinski definition) is 2. The first-order valence-electron chi connectivity index (χ1n) is 7.03. The highest BCUT2D eigenvalue weighted by molar-refractivity contribution is 5.89. The van der Waals surface area contributed by atoms with Gasteiger partial charge in [-0.1, -0.05) is 6.07 Å². The number of pyridine rings is 1. The Bertz CT molecular complexity index is 560. The fourth-order valence-electron chi connectivity index (χ4n) is 3.06. The minimum absolute atomic E-state index is 0.207. The van der Waals surface area contributed by atoms with Gasteiger partial charge in [-0.15, -0.1) is 0 Å². The molecule has 1 saturated carbocycles. The highest BCUT2D eigenvalue weighted by Crippen LogP contribution is 2.45. The molecule has 0 bridgehead atoms. The number of ether oxygens (including phenoxy) is 1. The summed E-state index contributed by atoms with van der Waals surface area (Å²) in [4.78, 5) is 28.2. The van der Waals surface area contributed by atoms with E-state index in [-0.39, 0.29) is 6.61 Å². The Morgan fingerprint density at radius 1 is 1.48 bits per heavy atom. The Labute approximate surface area is 123 Å². The number of nitrogens with two attached hydrogens (primary N) is 1. The van der Waals surface area contributed by atoms with E-state index in [4.69, 9.17) is 10.5 Å². The van der Waals surface area contributed by atoms with Crippen LogP contribution in [0.4, 0.5) is 0 Å². The van der Waals surface area contributed by atoms with Gasteiger partial charge in [0.1, 0.15) is 5.54 Å². The van der Waals surface area contributed by atoms with Gasteiger partial charge in [0.15, 0.2) is 0 Å². The second-order valence-corrected chi connectivity index (χ2v) is 5.38. The third-order valence-corrected chi connectivity index (χ3v) is 4.11. The maximum absolute atomic E-state index is 12.0. The molecule has 0 aromatic carbocycles. The van der Waals surface area contributed by atoms with Gasteiger partial charge in [0.05, 0.1) is 12.5 Å². The molecule has 0 spiro atoms. The fraction of sp³-hybridized carbons (Fsp3) is 0.533. The monoisotopic (exact) mass is 292 g/mol. The molecule has 21 heavy (non-hydrogen) atoms. The number of rotatable bonds is 4. The molecule has 1 aromatic rings. The van der Waals surface area contributed by atoms with Gasteiger partial charge >= 0.3 is 11.9 Å². The van der Waals surface area contributed by atoms with Gasteiger partial charge in [-0.2, -0.15) is 0 Å². The minimum Gasteiger partial charge on any atom is -0.480 e. The second kappa shape index (κ2) is 5.81. The van der Waals surface area contributed by atoms with E-state index in [9.17, 15) is 14.7 Å². The molecular formula is C15H20N2O4. The number of aromatic nitrogens is 1. The summed E-state index contributed by atoms with van der Waals surface area (Å²) in [5.74, 6) is -3.07. The Morgan fingerprint density at radius 2 is 2.19 bits per heavy atom. The van der Waals surface area contributed by atoms with E-state index in [1.807, 2.05) is 19.1 Å². The Morgan fingerprint density at radius 3 is 2.76 bits per heavy atom. The van der Waals surface area contributed by atoms with Crippen LogP contribution in [0.3, 0.4) is 0 Å². The third kappa shape index (κ3) is 2.63. The van der Waals surface area contributed by atoms with Gasteiger partial charge in [-0.25, -0.2) is 0 Å². The summed E-state index contributed by atoms with van der Waals surface area (Å²) in [6, 6.07) is 5.41. The molecule has 1 aliphatic rings. The number of carboxylic acid groups (broad SMARTS) is 1. The quantitative estimate of drug-likeness (QED) is 0.809. The fourth-order valence-corrected chi connectivity index (χ4v) is 3.06. The van der Waals surface area contributed by atoms with E-state index < -0.39 is 29.3 Å². The second-order valence-electron chi connectivity index (χ2n) is 5.38. The summed E-state index contributed by atoms with van der Waals surface area (Å²) in [7, 11) is 0. The van der Waals surface area contributed by atoms with Gasteiger partial charge in [-0.05, 0) is 38.8 Å². The van der Waals surface area contributed by atoms with Crippen molar-refractivity contribution in [2.24, 2.45) is 11.7 Å². The van der Waals surface area contributed by atoms with Crippen LogP contribution in [0.15, 0.2) is 18.2 Å². The Kier molecular flexibility index (Phi) is 4.27. The lowest BCUT2D eigenvalue weighted by Gasteiger charge is -2.31. The Hall–Kier alpha value is -1.95. The molecule has 0 saturated heterocycles. The number of nitrogens with zero attached hydrogens (tertiary/aromatic N) is 1. The highest BCUT2D eigenvalue weighted by Gasteiger charge is 2.57. The van der Waals surface area contributed by atoms with Crippen molar-refractivity contribution in [1.29, 1.82) is 0 Å². The van der Waals surface area contributed by atoms with Crippen LogP contribution in [-0.2, 0) is 14.3 Å². The van der Waals surface area contributed by atoms with E-state index in [2.05, 4.69) is 4.98 Å². The molecule has 6 nitrogen and oxygen atoms in total. The first-order valence-corrected chi connectivity index (χ1v) is 7.03. The van der Waals surface area contributed by atoms with Crippen molar-refractivity contribution in [1.82, 2.24) is 4.98 Å².